The van der Waals surface area contributed by atoms with E-state index in [1.54, 1.807) is 0 Å². The van der Waals surface area contributed by atoms with Crippen molar-refractivity contribution in [3.63, 3.8) is 0 Å². The zero-order chi connectivity index (χ0) is 18.9. The minimum absolute atomic E-state index is 0.0915. The predicted octanol–water partition coefficient (Wildman–Crippen LogP) is -1.85. The third-order valence-electron chi connectivity index (χ3n) is 5.15. The van der Waals surface area contributed by atoms with E-state index in [-0.39, 0.29) is 19.0 Å². The molecule has 0 bridgehead atoms. The highest BCUT2D eigenvalue weighted by molar-refractivity contribution is 5.94. The van der Waals surface area contributed by atoms with Gasteiger partial charge in [0, 0.05) is 18.8 Å². The van der Waals surface area contributed by atoms with Crippen LogP contribution in [-0.4, -0.2) is 70.3 Å². The van der Waals surface area contributed by atoms with E-state index in [1.807, 2.05) is 35.2 Å². The second kappa shape index (κ2) is 6.93. The van der Waals surface area contributed by atoms with Crippen LogP contribution < -0.4 is 16.0 Å². The second-order valence-electron chi connectivity index (χ2n) is 6.58. The van der Waals surface area contributed by atoms with Crippen molar-refractivity contribution < 1.29 is 24.6 Å². The number of aliphatic hydroxyl groups excluding tert-OH is 2. The molecule has 0 saturated carbocycles. The highest BCUT2D eigenvalue weighted by atomic mass is 16.3. The van der Waals surface area contributed by atoms with E-state index in [0.29, 0.717) is 19.5 Å². The van der Waals surface area contributed by atoms with Gasteiger partial charge in [-0.05, 0) is 25.0 Å². The van der Waals surface area contributed by atoms with Crippen LogP contribution in [0.1, 0.15) is 12.8 Å². The molecule has 3 amide bonds. The van der Waals surface area contributed by atoms with Crippen LogP contribution in [0.15, 0.2) is 30.3 Å². The predicted molar refractivity (Wildman–Crippen MR) is 91.7 cm³/mol. The van der Waals surface area contributed by atoms with Crippen LogP contribution in [0.3, 0.4) is 0 Å². The van der Waals surface area contributed by atoms with Crippen LogP contribution >= 0.6 is 0 Å². The number of likely N-dealkylation sites (tertiary alicyclic amines) is 1. The number of carbonyl (C=O) groups excluding carboxylic acids is 3. The molecule has 140 valence electrons. The molecule has 9 nitrogen and oxygen atoms in total. The standard InChI is InChI=1S/C17H22N4O5/c18-14(24)12(22)13(23)15(25)20-8-6-17(7-9-20)16(26)19-10-21(17)11-4-2-1-3-5-11/h1-5,12-13,22-23H,6-10H2,(H2,18,24)(H,19,26)/t12-,13-/m1/s1. The summed E-state index contributed by atoms with van der Waals surface area (Å²) in [6, 6.07) is 9.53. The monoisotopic (exact) mass is 362 g/mol. The Hall–Kier alpha value is -2.65. The normalized spacial score (nSPS) is 21.4. The maximum Gasteiger partial charge on any atom is 0.254 e. The molecule has 2 aliphatic heterocycles. The van der Waals surface area contributed by atoms with E-state index in [9.17, 15) is 24.6 Å². The molecule has 0 radical (unpaired) electrons. The van der Waals surface area contributed by atoms with E-state index in [2.05, 4.69) is 5.32 Å². The van der Waals surface area contributed by atoms with Crippen LogP contribution in [0.4, 0.5) is 5.69 Å². The van der Waals surface area contributed by atoms with Gasteiger partial charge in [0.15, 0.2) is 12.2 Å². The molecule has 2 atom stereocenters. The molecular weight excluding hydrogens is 340 g/mol. The number of benzene rings is 1. The van der Waals surface area contributed by atoms with E-state index < -0.39 is 29.6 Å². The first-order valence-corrected chi connectivity index (χ1v) is 8.42. The maximum atomic E-state index is 12.5. The molecule has 0 aromatic heterocycles. The average Bonchev–Trinajstić information content (AvgIpc) is 2.97. The lowest BCUT2D eigenvalue weighted by Gasteiger charge is -2.43. The Morgan fingerprint density at radius 3 is 2.31 bits per heavy atom. The molecule has 1 aromatic carbocycles. The fraction of sp³-hybridized carbons (Fsp3) is 0.471. The summed E-state index contributed by atoms with van der Waals surface area (Å²) in [5.74, 6) is -2.02. The lowest BCUT2D eigenvalue weighted by molar-refractivity contribution is -0.153. The molecule has 0 unspecified atom stereocenters. The highest BCUT2D eigenvalue weighted by Gasteiger charge is 2.51. The molecule has 2 aliphatic rings. The van der Waals surface area contributed by atoms with E-state index >= 15 is 0 Å². The van der Waals surface area contributed by atoms with Gasteiger partial charge < -0.3 is 31.1 Å². The quantitative estimate of drug-likeness (QED) is 0.496. The number of nitrogens with one attached hydrogen (secondary N) is 1. The van der Waals surface area contributed by atoms with E-state index in [0.717, 1.165) is 5.69 Å². The summed E-state index contributed by atoms with van der Waals surface area (Å²) < 4.78 is 0. The van der Waals surface area contributed by atoms with Gasteiger partial charge in [-0.3, -0.25) is 14.4 Å². The summed E-state index contributed by atoms with van der Waals surface area (Å²) in [5, 5.41) is 22.2. The van der Waals surface area contributed by atoms with Gasteiger partial charge >= 0.3 is 0 Å². The molecule has 0 aliphatic carbocycles. The maximum absolute atomic E-state index is 12.5. The van der Waals surface area contributed by atoms with Gasteiger partial charge in [-0.25, -0.2) is 0 Å². The van der Waals surface area contributed by atoms with Crippen molar-refractivity contribution in [3.05, 3.63) is 30.3 Å². The van der Waals surface area contributed by atoms with E-state index in [1.165, 1.54) is 4.90 Å². The topological polar surface area (TPSA) is 136 Å². The number of rotatable bonds is 4. The van der Waals surface area contributed by atoms with Gasteiger partial charge in [0.25, 0.3) is 5.91 Å². The van der Waals surface area contributed by atoms with Crippen molar-refractivity contribution in [3.8, 4) is 0 Å². The zero-order valence-corrected chi connectivity index (χ0v) is 14.2. The van der Waals surface area contributed by atoms with Crippen molar-refractivity contribution in [2.45, 2.75) is 30.6 Å². The summed E-state index contributed by atoms with van der Waals surface area (Å²) in [6.07, 6.45) is -3.10. The van der Waals surface area contributed by atoms with Crippen LogP contribution in [0.25, 0.3) is 0 Å². The Kier molecular flexibility index (Phi) is 4.84. The Morgan fingerprint density at radius 1 is 1.12 bits per heavy atom. The van der Waals surface area contributed by atoms with Gasteiger partial charge in [0.2, 0.25) is 11.8 Å². The van der Waals surface area contributed by atoms with Crippen molar-refractivity contribution in [2.24, 2.45) is 5.73 Å². The summed E-state index contributed by atoms with van der Waals surface area (Å²) in [4.78, 5) is 39.1. The molecular formula is C17H22N4O5. The van der Waals surface area contributed by atoms with Gasteiger partial charge in [-0.15, -0.1) is 0 Å². The minimum atomic E-state index is -1.95. The first-order chi connectivity index (χ1) is 12.4. The number of nitrogens with zero attached hydrogens (tertiary/aromatic N) is 2. The molecule has 26 heavy (non-hydrogen) atoms. The van der Waals surface area contributed by atoms with Crippen molar-refractivity contribution in [2.75, 3.05) is 24.7 Å². The Morgan fingerprint density at radius 2 is 1.73 bits per heavy atom. The van der Waals surface area contributed by atoms with Gasteiger partial charge in [-0.2, -0.15) is 0 Å². The SMILES string of the molecule is NC(=O)[C@H](O)[C@@H](O)C(=O)N1CCC2(CC1)C(=O)NCN2c1ccccc1. The lowest BCUT2D eigenvalue weighted by atomic mass is 9.85. The fourth-order valence-corrected chi connectivity index (χ4v) is 3.61. The highest BCUT2D eigenvalue weighted by Crippen LogP contribution is 2.36. The van der Waals surface area contributed by atoms with Gasteiger partial charge in [0.1, 0.15) is 5.54 Å². The number of piperidine rings is 1. The molecule has 2 fully saturated rings. The van der Waals surface area contributed by atoms with Crippen molar-refractivity contribution in [1.82, 2.24) is 10.2 Å². The number of carbonyl (C=O) groups is 3. The van der Waals surface area contributed by atoms with Gasteiger partial charge in [0.05, 0.1) is 6.67 Å². The number of nitrogens with two attached hydrogens (primary N) is 1. The number of amides is 3. The summed E-state index contributed by atoms with van der Waals surface area (Å²) in [5.41, 5.74) is 5.07. The third kappa shape index (κ3) is 2.99. The Bertz CT molecular complexity index is 702. The zero-order valence-electron chi connectivity index (χ0n) is 14.2. The second-order valence-corrected chi connectivity index (χ2v) is 6.58. The molecule has 1 aromatic rings. The number of para-hydroxylation sites is 1. The smallest absolute Gasteiger partial charge is 0.254 e. The minimum Gasteiger partial charge on any atom is -0.380 e. The van der Waals surface area contributed by atoms with Crippen LogP contribution in [0.2, 0.25) is 0 Å². The molecule has 2 heterocycles. The number of hydrogen-bond acceptors (Lipinski definition) is 6. The summed E-state index contributed by atoms with van der Waals surface area (Å²) >= 11 is 0. The molecule has 1 spiro atoms. The van der Waals surface area contributed by atoms with E-state index in [4.69, 9.17) is 5.73 Å². The number of aliphatic hydroxyl groups is 2. The molecule has 2 saturated heterocycles. The molecule has 5 N–H and O–H groups in total. The fourth-order valence-electron chi connectivity index (χ4n) is 3.61. The first kappa shape index (κ1) is 18.2. The van der Waals surface area contributed by atoms with Crippen LogP contribution in [0, 0.1) is 0 Å². The molecule has 3 rings (SSSR count). The third-order valence-corrected chi connectivity index (χ3v) is 5.15. The number of anilines is 1. The van der Waals surface area contributed by atoms with Crippen LogP contribution in [-0.2, 0) is 14.4 Å². The summed E-state index contributed by atoms with van der Waals surface area (Å²) in [7, 11) is 0. The van der Waals surface area contributed by atoms with Crippen LogP contribution in [0.5, 0.6) is 0 Å². The Labute approximate surface area is 150 Å². The number of hydrogen-bond donors (Lipinski definition) is 4. The largest absolute Gasteiger partial charge is 0.380 e. The summed E-state index contributed by atoms with van der Waals surface area (Å²) in [6.45, 7) is 0.829. The first-order valence-electron chi connectivity index (χ1n) is 8.42. The van der Waals surface area contributed by atoms with Crippen molar-refractivity contribution >= 4 is 23.4 Å². The Balaban J connectivity index is 1.73. The lowest BCUT2D eigenvalue weighted by Crippen LogP contribution is -2.59. The number of primary amides is 1. The molecule has 9 heteroatoms. The van der Waals surface area contributed by atoms with Gasteiger partial charge in [-0.1, -0.05) is 18.2 Å². The average molecular weight is 362 g/mol. The van der Waals surface area contributed by atoms with Crippen molar-refractivity contribution in [1.29, 1.82) is 0 Å².